The minimum absolute atomic E-state index is 0.130. The zero-order valence-corrected chi connectivity index (χ0v) is 16.1. The molecular formula is C20H28N4O2. The fourth-order valence-corrected chi connectivity index (χ4v) is 3.31. The van der Waals surface area contributed by atoms with Crippen molar-refractivity contribution < 1.29 is 9.32 Å². The van der Waals surface area contributed by atoms with Gasteiger partial charge in [-0.25, -0.2) is 0 Å². The standard InChI is InChI=1S/C20H28N4O2/c1-13(2)19-22-18(26-23-19)12-21-17-9-8-16(11-14(17)3)20(25)24-10-6-5-7-15(24)4/h8-9,11,13,15,21H,5-7,10,12H2,1-4H3/t15-/m1/s1. The van der Waals surface area contributed by atoms with E-state index in [0.29, 0.717) is 18.5 Å². The zero-order chi connectivity index (χ0) is 18.7. The lowest BCUT2D eigenvalue weighted by Gasteiger charge is -2.33. The zero-order valence-electron chi connectivity index (χ0n) is 16.1. The first-order valence-electron chi connectivity index (χ1n) is 9.43. The highest BCUT2D eigenvalue weighted by atomic mass is 16.5. The molecule has 0 unspecified atom stereocenters. The molecule has 0 aliphatic carbocycles. The van der Waals surface area contributed by atoms with Crippen LogP contribution >= 0.6 is 0 Å². The summed E-state index contributed by atoms with van der Waals surface area (Å²) in [7, 11) is 0. The van der Waals surface area contributed by atoms with E-state index in [1.807, 2.05) is 43.9 Å². The van der Waals surface area contributed by atoms with Gasteiger partial charge in [0.05, 0.1) is 6.54 Å². The number of nitrogens with zero attached hydrogens (tertiary/aromatic N) is 3. The van der Waals surface area contributed by atoms with Gasteiger partial charge in [-0.2, -0.15) is 4.98 Å². The third-order valence-corrected chi connectivity index (χ3v) is 4.97. The molecule has 1 N–H and O–H groups in total. The normalized spacial score (nSPS) is 17.6. The molecule has 2 aromatic rings. The summed E-state index contributed by atoms with van der Waals surface area (Å²) in [5, 5.41) is 7.29. The summed E-state index contributed by atoms with van der Waals surface area (Å²) in [4.78, 5) is 19.2. The molecule has 1 aromatic heterocycles. The van der Waals surface area contributed by atoms with Crippen molar-refractivity contribution in [3.8, 4) is 0 Å². The number of carbonyl (C=O) groups excluding carboxylic acids is 1. The Hall–Kier alpha value is -2.37. The first-order chi connectivity index (χ1) is 12.5. The quantitative estimate of drug-likeness (QED) is 0.872. The number of benzene rings is 1. The number of nitrogens with one attached hydrogen (secondary N) is 1. The fourth-order valence-electron chi connectivity index (χ4n) is 3.31. The molecule has 0 saturated carbocycles. The molecule has 1 aliphatic heterocycles. The summed E-state index contributed by atoms with van der Waals surface area (Å²) in [6.07, 6.45) is 3.39. The fraction of sp³-hybridized carbons (Fsp3) is 0.550. The molecule has 1 aromatic carbocycles. The van der Waals surface area contributed by atoms with Gasteiger partial charge in [-0.05, 0) is 56.9 Å². The highest BCUT2D eigenvalue weighted by molar-refractivity contribution is 5.95. The average molecular weight is 356 g/mol. The number of piperidine rings is 1. The second kappa shape index (κ2) is 7.89. The summed E-state index contributed by atoms with van der Waals surface area (Å²) >= 11 is 0. The van der Waals surface area contributed by atoms with Crippen LogP contribution in [0, 0.1) is 6.92 Å². The van der Waals surface area contributed by atoms with Crippen LogP contribution in [0.15, 0.2) is 22.7 Å². The molecule has 2 heterocycles. The smallest absolute Gasteiger partial charge is 0.254 e. The van der Waals surface area contributed by atoms with Crippen molar-refractivity contribution in [1.29, 1.82) is 0 Å². The average Bonchev–Trinajstić information content (AvgIpc) is 3.10. The van der Waals surface area contributed by atoms with Gasteiger partial charge in [-0.15, -0.1) is 0 Å². The molecule has 0 bridgehead atoms. The number of hydrogen-bond donors (Lipinski definition) is 1. The van der Waals surface area contributed by atoms with Gasteiger partial charge in [0.1, 0.15) is 0 Å². The molecule has 1 saturated heterocycles. The molecule has 6 heteroatoms. The predicted octanol–water partition coefficient (Wildman–Crippen LogP) is 4.13. The highest BCUT2D eigenvalue weighted by Crippen LogP contribution is 2.22. The van der Waals surface area contributed by atoms with E-state index in [-0.39, 0.29) is 11.8 Å². The largest absolute Gasteiger partial charge is 0.376 e. The van der Waals surface area contributed by atoms with Crippen LogP contribution in [-0.2, 0) is 6.54 Å². The van der Waals surface area contributed by atoms with Crippen molar-refractivity contribution in [2.75, 3.05) is 11.9 Å². The van der Waals surface area contributed by atoms with Gasteiger partial charge in [0, 0.05) is 29.8 Å². The topological polar surface area (TPSA) is 71.3 Å². The minimum Gasteiger partial charge on any atom is -0.376 e. The van der Waals surface area contributed by atoms with Crippen LogP contribution in [0.3, 0.4) is 0 Å². The maximum atomic E-state index is 12.8. The van der Waals surface area contributed by atoms with E-state index in [0.717, 1.165) is 42.0 Å². The molecule has 1 atom stereocenters. The van der Waals surface area contributed by atoms with Crippen LogP contribution in [0.4, 0.5) is 5.69 Å². The summed E-state index contributed by atoms with van der Waals surface area (Å²) in [6.45, 7) is 9.53. The Bertz CT molecular complexity index is 769. The van der Waals surface area contributed by atoms with Crippen LogP contribution in [0.1, 0.15) is 73.6 Å². The lowest BCUT2D eigenvalue weighted by Crippen LogP contribution is -2.42. The predicted molar refractivity (Wildman–Crippen MR) is 101 cm³/mol. The third-order valence-electron chi connectivity index (χ3n) is 4.97. The van der Waals surface area contributed by atoms with Crippen LogP contribution in [0.25, 0.3) is 0 Å². The van der Waals surface area contributed by atoms with E-state index in [1.165, 1.54) is 6.42 Å². The van der Waals surface area contributed by atoms with E-state index in [4.69, 9.17) is 4.52 Å². The number of amides is 1. The van der Waals surface area contributed by atoms with E-state index < -0.39 is 0 Å². The maximum Gasteiger partial charge on any atom is 0.254 e. The van der Waals surface area contributed by atoms with Crippen molar-refractivity contribution in [2.24, 2.45) is 0 Å². The molecule has 1 aliphatic rings. The van der Waals surface area contributed by atoms with Gasteiger partial charge < -0.3 is 14.7 Å². The lowest BCUT2D eigenvalue weighted by molar-refractivity contribution is 0.0635. The van der Waals surface area contributed by atoms with E-state index >= 15 is 0 Å². The van der Waals surface area contributed by atoms with Crippen LogP contribution in [-0.4, -0.2) is 33.5 Å². The number of carbonyl (C=O) groups is 1. The Morgan fingerprint density at radius 1 is 1.38 bits per heavy atom. The first-order valence-corrected chi connectivity index (χ1v) is 9.43. The Labute approximate surface area is 155 Å². The molecule has 0 radical (unpaired) electrons. The van der Waals surface area contributed by atoms with Gasteiger partial charge in [0.2, 0.25) is 5.89 Å². The van der Waals surface area contributed by atoms with Gasteiger partial charge in [0.25, 0.3) is 5.91 Å². The summed E-state index contributed by atoms with van der Waals surface area (Å²) in [5.41, 5.74) is 2.75. The SMILES string of the molecule is Cc1cc(C(=O)N2CCCC[C@H]2C)ccc1NCc1nc(C(C)C)no1. The Morgan fingerprint density at radius 2 is 2.19 bits per heavy atom. The van der Waals surface area contributed by atoms with Crippen LogP contribution in [0.2, 0.25) is 0 Å². The van der Waals surface area contributed by atoms with Crippen LogP contribution < -0.4 is 5.32 Å². The minimum atomic E-state index is 0.130. The second-order valence-corrected chi connectivity index (χ2v) is 7.43. The number of anilines is 1. The monoisotopic (exact) mass is 356 g/mol. The molecule has 0 spiro atoms. The second-order valence-electron chi connectivity index (χ2n) is 7.43. The van der Waals surface area contributed by atoms with Crippen molar-refractivity contribution in [3.63, 3.8) is 0 Å². The van der Waals surface area contributed by atoms with Gasteiger partial charge in [-0.1, -0.05) is 19.0 Å². The third kappa shape index (κ3) is 4.06. The number of aromatic nitrogens is 2. The maximum absolute atomic E-state index is 12.8. The van der Waals surface area contributed by atoms with Crippen LogP contribution in [0.5, 0.6) is 0 Å². The number of rotatable bonds is 5. The van der Waals surface area contributed by atoms with Crippen molar-refractivity contribution >= 4 is 11.6 Å². The van der Waals surface area contributed by atoms with E-state index in [9.17, 15) is 4.79 Å². The molecular weight excluding hydrogens is 328 g/mol. The van der Waals surface area contributed by atoms with E-state index in [2.05, 4.69) is 22.4 Å². The molecule has 1 fully saturated rings. The summed E-state index contributed by atoms with van der Waals surface area (Å²) in [5.74, 6) is 1.66. The molecule has 1 amide bonds. The Morgan fingerprint density at radius 3 is 2.85 bits per heavy atom. The highest BCUT2D eigenvalue weighted by Gasteiger charge is 2.24. The summed E-state index contributed by atoms with van der Waals surface area (Å²) in [6, 6.07) is 6.13. The number of hydrogen-bond acceptors (Lipinski definition) is 5. The number of likely N-dealkylation sites (tertiary alicyclic amines) is 1. The molecule has 6 nitrogen and oxygen atoms in total. The molecule has 140 valence electrons. The Balaban J connectivity index is 1.66. The van der Waals surface area contributed by atoms with E-state index in [1.54, 1.807) is 0 Å². The van der Waals surface area contributed by atoms with Gasteiger partial charge >= 0.3 is 0 Å². The van der Waals surface area contributed by atoms with Crippen molar-refractivity contribution in [2.45, 2.75) is 65.5 Å². The molecule has 26 heavy (non-hydrogen) atoms. The lowest BCUT2D eigenvalue weighted by atomic mass is 10.0. The number of aryl methyl sites for hydroxylation is 1. The van der Waals surface area contributed by atoms with Gasteiger partial charge in [-0.3, -0.25) is 4.79 Å². The van der Waals surface area contributed by atoms with Crippen molar-refractivity contribution in [1.82, 2.24) is 15.0 Å². The Kier molecular flexibility index (Phi) is 5.59. The molecule has 3 rings (SSSR count). The summed E-state index contributed by atoms with van der Waals surface area (Å²) < 4.78 is 5.26. The first kappa shape index (κ1) is 18.4. The van der Waals surface area contributed by atoms with Crippen molar-refractivity contribution in [3.05, 3.63) is 41.0 Å². The van der Waals surface area contributed by atoms with Gasteiger partial charge in [0.15, 0.2) is 5.82 Å².